The molecule has 0 rings (SSSR count). The average Bonchev–Trinajstić information content (AvgIpc) is 2.62. The van der Waals surface area contributed by atoms with Gasteiger partial charge < -0.3 is 5.11 Å². The highest BCUT2D eigenvalue weighted by molar-refractivity contribution is 7.85. The standard InChI is InChI=1S/C23H46O5S/c1-21(2)18-16-14-12-10-8-6-4-3-5-7-9-11-13-15-17-19-22(24)23(25)20-29(26,27)28/h21,23,25H,3-20H2,1-2H3,(H,26,27,28). The highest BCUT2D eigenvalue weighted by Crippen LogP contribution is 2.15. The lowest BCUT2D eigenvalue weighted by atomic mass is 10.0. The molecule has 0 saturated carbocycles. The van der Waals surface area contributed by atoms with Crippen LogP contribution in [0.25, 0.3) is 0 Å². The van der Waals surface area contributed by atoms with Crippen LogP contribution in [0.3, 0.4) is 0 Å². The van der Waals surface area contributed by atoms with Crippen molar-refractivity contribution in [1.82, 2.24) is 0 Å². The molecule has 0 aliphatic rings. The Balaban J connectivity index is 3.27. The van der Waals surface area contributed by atoms with Crippen LogP contribution in [-0.4, -0.2) is 35.7 Å². The maximum absolute atomic E-state index is 11.6. The molecule has 0 bridgehead atoms. The average molecular weight is 435 g/mol. The number of aliphatic hydroxyl groups excluding tert-OH is 1. The van der Waals surface area contributed by atoms with Gasteiger partial charge in [0.25, 0.3) is 10.1 Å². The van der Waals surface area contributed by atoms with Crippen LogP contribution in [0.4, 0.5) is 0 Å². The second-order valence-corrected chi connectivity index (χ2v) is 10.5. The first-order valence-corrected chi connectivity index (χ1v) is 13.5. The summed E-state index contributed by atoms with van der Waals surface area (Å²) in [5, 5.41) is 9.41. The molecule has 0 aromatic heterocycles. The van der Waals surface area contributed by atoms with Crippen LogP contribution in [0.1, 0.15) is 123 Å². The number of Topliss-reactive ketones (excluding diaryl/α,β-unsaturated/α-hetero) is 1. The highest BCUT2D eigenvalue weighted by Gasteiger charge is 2.20. The van der Waals surface area contributed by atoms with Crippen molar-refractivity contribution in [3.8, 4) is 0 Å². The van der Waals surface area contributed by atoms with E-state index in [9.17, 15) is 18.3 Å². The van der Waals surface area contributed by atoms with Gasteiger partial charge in [-0.2, -0.15) is 8.42 Å². The van der Waals surface area contributed by atoms with Crippen LogP contribution in [0, 0.1) is 5.92 Å². The van der Waals surface area contributed by atoms with Crippen molar-refractivity contribution in [2.45, 2.75) is 129 Å². The van der Waals surface area contributed by atoms with Gasteiger partial charge in [-0.15, -0.1) is 0 Å². The van der Waals surface area contributed by atoms with E-state index in [4.69, 9.17) is 4.55 Å². The number of carbonyl (C=O) groups is 1. The first-order valence-electron chi connectivity index (χ1n) is 11.9. The number of rotatable bonds is 21. The zero-order chi connectivity index (χ0) is 22.0. The summed E-state index contributed by atoms with van der Waals surface area (Å²) in [6, 6.07) is 0. The summed E-state index contributed by atoms with van der Waals surface area (Å²) < 4.78 is 29.9. The predicted molar refractivity (Wildman–Crippen MR) is 121 cm³/mol. The maximum Gasteiger partial charge on any atom is 0.267 e. The monoisotopic (exact) mass is 434 g/mol. The van der Waals surface area contributed by atoms with Crippen molar-refractivity contribution >= 4 is 15.9 Å². The van der Waals surface area contributed by atoms with Gasteiger partial charge in [0.2, 0.25) is 0 Å². The number of carbonyl (C=O) groups excluding carboxylic acids is 1. The van der Waals surface area contributed by atoms with Gasteiger partial charge in [0.05, 0.1) is 0 Å². The minimum atomic E-state index is -4.30. The SMILES string of the molecule is CC(C)CCCCCCCCCCCCCCCCCC(=O)C(O)CS(=O)(=O)O. The molecule has 0 heterocycles. The summed E-state index contributed by atoms with van der Waals surface area (Å²) in [5.41, 5.74) is 0. The van der Waals surface area contributed by atoms with Gasteiger partial charge in [-0.25, -0.2) is 0 Å². The molecule has 6 heteroatoms. The van der Waals surface area contributed by atoms with E-state index in [0.29, 0.717) is 6.42 Å². The minimum Gasteiger partial charge on any atom is -0.384 e. The summed E-state index contributed by atoms with van der Waals surface area (Å²) >= 11 is 0. The molecule has 0 spiro atoms. The van der Waals surface area contributed by atoms with Crippen LogP contribution in [0.15, 0.2) is 0 Å². The number of unbranched alkanes of at least 4 members (excludes halogenated alkanes) is 14. The molecule has 0 radical (unpaired) electrons. The topological polar surface area (TPSA) is 91.7 Å². The van der Waals surface area contributed by atoms with Crippen molar-refractivity contribution in [1.29, 1.82) is 0 Å². The fourth-order valence-electron chi connectivity index (χ4n) is 3.61. The number of ketones is 1. The van der Waals surface area contributed by atoms with E-state index >= 15 is 0 Å². The Bertz CT molecular complexity index is 487. The predicted octanol–water partition coefficient (Wildman–Crippen LogP) is 6.09. The second kappa shape index (κ2) is 18.3. The van der Waals surface area contributed by atoms with Crippen LogP contribution in [0.2, 0.25) is 0 Å². The van der Waals surface area contributed by atoms with Gasteiger partial charge in [0.15, 0.2) is 5.78 Å². The summed E-state index contributed by atoms with van der Waals surface area (Å²) in [7, 11) is -4.30. The molecule has 0 aromatic carbocycles. The van der Waals surface area contributed by atoms with Gasteiger partial charge in [0, 0.05) is 6.42 Å². The lowest BCUT2D eigenvalue weighted by Crippen LogP contribution is -2.28. The first-order chi connectivity index (χ1) is 13.7. The van der Waals surface area contributed by atoms with E-state index < -0.39 is 27.8 Å². The van der Waals surface area contributed by atoms with Crippen molar-refractivity contribution in [3.05, 3.63) is 0 Å². The highest BCUT2D eigenvalue weighted by atomic mass is 32.2. The summed E-state index contributed by atoms with van der Waals surface area (Å²) in [6.07, 6.45) is 18.6. The number of aliphatic hydroxyl groups is 1. The van der Waals surface area contributed by atoms with Gasteiger partial charge in [-0.05, 0) is 12.3 Å². The summed E-state index contributed by atoms with van der Waals surface area (Å²) in [4.78, 5) is 11.6. The molecule has 0 amide bonds. The molecule has 0 aliphatic heterocycles. The molecule has 29 heavy (non-hydrogen) atoms. The van der Waals surface area contributed by atoms with E-state index in [1.165, 1.54) is 77.0 Å². The van der Waals surface area contributed by atoms with Gasteiger partial charge >= 0.3 is 0 Å². The van der Waals surface area contributed by atoms with E-state index in [2.05, 4.69) is 13.8 Å². The van der Waals surface area contributed by atoms with Crippen molar-refractivity contribution < 1.29 is 22.9 Å². The van der Waals surface area contributed by atoms with Gasteiger partial charge in [0.1, 0.15) is 11.9 Å². The number of hydrogen-bond acceptors (Lipinski definition) is 4. The normalized spacial score (nSPS) is 13.1. The molecule has 2 N–H and O–H groups in total. The third-order valence-electron chi connectivity index (χ3n) is 5.44. The first kappa shape index (κ1) is 28.5. The number of hydrogen-bond donors (Lipinski definition) is 2. The molecule has 0 aliphatic carbocycles. The molecular formula is C23H46O5S. The quantitative estimate of drug-likeness (QED) is 0.168. The van der Waals surface area contributed by atoms with Crippen LogP contribution >= 0.6 is 0 Å². The van der Waals surface area contributed by atoms with Crippen LogP contribution < -0.4 is 0 Å². The molecule has 1 atom stereocenters. The summed E-state index contributed by atoms with van der Waals surface area (Å²) in [6.45, 7) is 4.60. The molecule has 174 valence electrons. The third-order valence-corrected chi connectivity index (χ3v) is 6.18. The molecule has 1 unspecified atom stereocenters. The van der Waals surface area contributed by atoms with E-state index in [-0.39, 0.29) is 6.42 Å². The second-order valence-electron chi connectivity index (χ2n) is 8.97. The Kier molecular flexibility index (Phi) is 18.0. The largest absolute Gasteiger partial charge is 0.384 e. The van der Waals surface area contributed by atoms with Crippen LogP contribution in [0.5, 0.6) is 0 Å². The molecule has 0 saturated heterocycles. The van der Waals surface area contributed by atoms with Crippen molar-refractivity contribution in [2.24, 2.45) is 5.92 Å². The molecular weight excluding hydrogens is 388 g/mol. The molecule has 0 fully saturated rings. The zero-order valence-electron chi connectivity index (χ0n) is 18.9. The van der Waals surface area contributed by atoms with Crippen molar-refractivity contribution in [2.75, 3.05) is 5.75 Å². The summed E-state index contributed by atoms with van der Waals surface area (Å²) in [5.74, 6) is -0.554. The zero-order valence-corrected chi connectivity index (χ0v) is 19.7. The lowest BCUT2D eigenvalue weighted by molar-refractivity contribution is -0.126. The fourth-order valence-corrected chi connectivity index (χ4v) is 4.19. The minimum absolute atomic E-state index is 0.175. The Morgan fingerprint density at radius 1 is 0.690 bits per heavy atom. The Morgan fingerprint density at radius 3 is 1.38 bits per heavy atom. The Labute approximate surface area is 179 Å². The Hall–Kier alpha value is -0.460. The van der Waals surface area contributed by atoms with E-state index in [1.54, 1.807) is 0 Å². The van der Waals surface area contributed by atoms with Gasteiger partial charge in [-0.1, -0.05) is 110 Å². The van der Waals surface area contributed by atoms with Crippen LogP contribution in [-0.2, 0) is 14.9 Å². The van der Waals surface area contributed by atoms with Crippen molar-refractivity contribution in [3.63, 3.8) is 0 Å². The smallest absolute Gasteiger partial charge is 0.267 e. The molecule has 5 nitrogen and oxygen atoms in total. The fraction of sp³-hybridized carbons (Fsp3) is 0.957. The Morgan fingerprint density at radius 2 is 1.03 bits per heavy atom. The van der Waals surface area contributed by atoms with E-state index in [1.807, 2.05) is 0 Å². The maximum atomic E-state index is 11.6. The molecule has 0 aromatic rings. The third kappa shape index (κ3) is 22.1. The van der Waals surface area contributed by atoms with E-state index in [0.717, 1.165) is 25.2 Å². The lowest BCUT2D eigenvalue weighted by Gasteiger charge is -2.07. The van der Waals surface area contributed by atoms with Gasteiger partial charge in [-0.3, -0.25) is 9.35 Å².